The Morgan fingerprint density at radius 3 is 2.87 bits per heavy atom. The number of nitrogens with zero attached hydrogens (tertiary/aromatic N) is 3. The summed E-state index contributed by atoms with van der Waals surface area (Å²) in [5, 5.41) is 10.9. The Labute approximate surface area is 175 Å². The van der Waals surface area contributed by atoms with Crippen molar-refractivity contribution in [3.63, 3.8) is 0 Å². The molecule has 0 saturated carbocycles. The molecule has 7 heteroatoms. The van der Waals surface area contributed by atoms with Gasteiger partial charge in [-0.15, -0.1) is 0 Å². The van der Waals surface area contributed by atoms with Gasteiger partial charge < -0.3 is 10.6 Å². The first-order chi connectivity index (χ1) is 14.6. The maximum absolute atomic E-state index is 13.8. The molecule has 4 rings (SSSR count). The predicted molar refractivity (Wildman–Crippen MR) is 113 cm³/mol. The first-order valence-corrected chi connectivity index (χ1v) is 10.3. The van der Waals surface area contributed by atoms with E-state index in [2.05, 4.69) is 20.7 Å². The Morgan fingerprint density at radius 2 is 2.07 bits per heavy atom. The third kappa shape index (κ3) is 4.57. The third-order valence-electron chi connectivity index (χ3n) is 5.61. The lowest BCUT2D eigenvalue weighted by atomic mass is 9.91. The lowest BCUT2D eigenvalue weighted by Gasteiger charge is -2.24. The molecule has 0 saturated heterocycles. The summed E-state index contributed by atoms with van der Waals surface area (Å²) < 4.78 is 15.6. The number of halogens is 1. The number of pyridine rings is 1. The first-order valence-electron chi connectivity index (χ1n) is 10.3. The van der Waals surface area contributed by atoms with Gasteiger partial charge in [-0.05, 0) is 37.5 Å². The Morgan fingerprint density at radius 1 is 1.23 bits per heavy atom. The van der Waals surface area contributed by atoms with Crippen LogP contribution in [0.5, 0.6) is 0 Å². The van der Waals surface area contributed by atoms with E-state index < -0.39 is 0 Å². The molecule has 2 N–H and O–H groups in total. The molecule has 156 valence electrons. The molecule has 30 heavy (non-hydrogen) atoms. The van der Waals surface area contributed by atoms with Gasteiger partial charge in [-0.3, -0.25) is 14.5 Å². The van der Waals surface area contributed by atoms with Crippen molar-refractivity contribution in [3.8, 4) is 0 Å². The fourth-order valence-electron chi connectivity index (χ4n) is 4.00. The average Bonchev–Trinajstić information content (AvgIpc) is 3.10. The largest absolute Gasteiger partial charge is 0.346 e. The predicted octanol–water partition coefficient (Wildman–Crippen LogP) is 2.57. The standard InChI is InChI=1S/C23H26FN5O/c1-29-21-10-9-18(26-13-11-17-7-4-5-12-25-17)14-19(21)22(28-29)23(30)27-15-16-6-2-3-8-20(16)24/h2-8,12,18,26H,9-11,13-15H2,1H3,(H,27,30). The number of benzene rings is 1. The molecular weight excluding hydrogens is 381 g/mol. The summed E-state index contributed by atoms with van der Waals surface area (Å²) in [5.41, 5.74) is 4.07. The van der Waals surface area contributed by atoms with E-state index in [9.17, 15) is 9.18 Å². The molecule has 1 aliphatic rings. The second kappa shape index (κ2) is 9.17. The molecule has 0 spiro atoms. The number of hydrogen-bond donors (Lipinski definition) is 2. The Hall–Kier alpha value is -3.06. The summed E-state index contributed by atoms with van der Waals surface area (Å²) >= 11 is 0. The van der Waals surface area contributed by atoms with E-state index in [1.807, 2.05) is 31.4 Å². The molecule has 1 aliphatic carbocycles. The van der Waals surface area contributed by atoms with Gasteiger partial charge in [-0.25, -0.2) is 4.39 Å². The van der Waals surface area contributed by atoms with Crippen LogP contribution in [0.3, 0.4) is 0 Å². The number of amides is 1. The minimum atomic E-state index is -0.321. The highest BCUT2D eigenvalue weighted by atomic mass is 19.1. The number of fused-ring (bicyclic) bond motifs is 1. The van der Waals surface area contributed by atoms with Gasteiger partial charge in [0.2, 0.25) is 0 Å². The quantitative estimate of drug-likeness (QED) is 0.632. The molecule has 2 heterocycles. The summed E-state index contributed by atoms with van der Waals surface area (Å²) in [4.78, 5) is 17.1. The maximum atomic E-state index is 13.8. The smallest absolute Gasteiger partial charge is 0.272 e. The molecule has 1 unspecified atom stereocenters. The number of hydrogen-bond acceptors (Lipinski definition) is 4. The van der Waals surface area contributed by atoms with Crippen LogP contribution >= 0.6 is 0 Å². The van der Waals surface area contributed by atoms with E-state index >= 15 is 0 Å². The van der Waals surface area contributed by atoms with Crippen LogP contribution in [0.4, 0.5) is 4.39 Å². The fourth-order valence-corrected chi connectivity index (χ4v) is 4.00. The number of carbonyl (C=O) groups excluding carboxylic acids is 1. The lowest BCUT2D eigenvalue weighted by molar-refractivity contribution is 0.0943. The Kier molecular flexibility index (Phi) is 6.18. The van der Waals surface area contributed by atoms with E-state index in [-0.39, 0.29) is 18.3 Å². The molecule has 0 fully saturated rings. The van der Waals surface area contributed by atoms with Crippen molar-refractivity contribution < 1.29 is 9.18 Å². The molecule has 1 aromatic carbocycles. The monoisotopic (exact) mass is 407 g/mol. The summed E-state index contributed by atoms with van der Waals surface area (Å²) in [6, 6.07) is 12.7. The highest BCUT2D eigenvalue weighted by Gasteiger charge is 2.28. The van der Waals surface area contributed by atoms with Crippen LogP contribution in [0.2, 0.25) is 0 Å². The lowest BCUT2D eigenvalue weighted by Crippen LogP contribution is -2.36. The van der Waals surface area contributed by atoms with Gasteiger partial charge in [0.05, 0.1) is 0 Å². The van der Waals surface area contributed by atoms with Gasteiger partial charge in [0.1, 0.15) is 5.82 Å². The topological polar surface area (TPSA) is 71.8 Å². The van der Waals surface area contributed by atoms with Crippen molar-refractivity contribution in [2.75, 3.05) is 6.54 Å². The molecule has 2 aromatic heterocycles. The zero-order valence-corrected chi connectivity index (χ0v) is 17.1. The van der Waals surface area contributed by atoms with Crippen LogP contribution in [0.15, 0.2) is 48.7 Å². The maximum Gasteiger partial charge on any atom is 0.272 e. The van der Waals surface area contributed by atoms with E-state index in [1.54, 1.807) is 22.9 Å². The van der Waals surface area contributed by atoms with Crippen molar-refractivity contribution >= 4 is 5.91 Å². The van der Waals surface area contributed by atoms with Crippen molar-refractivity contribution in [2.45, 2.75) is 38.3 Å². The molecular formula is C23H26FN5O. The SMILES string of the molecule is Cn1nc(C(=O)NCc2ccccc2F)c2c1CCC(NCCc1ccccn1)C2. The number of carbonyl (C=O) groups is 1. The van der Waals surface area contributed by atoms with Crippen LogP contribution in [-0.2, 0) is 32.9 Å². The molecule has 0 bridgehead atoms. The minimum absolute atomic E-state index is 0.141. The minimum Gasteiger partial charge on any atom is -0.346 e. The van der Waals surface area contributed by atoms with E-state index in [1.165, 1.54) is 6.07 Å². The fraction of sp³-hybridized carbons (Fsp3) is 0.348. The second-order valence-corrected chi connectivity index (χ2v) is 7.64. The van der Waals surface area contributed by atoms with E-state index in [0.717, 1.165) is 49.2 Å². The molecule has 0 radical (unpaired) electrons. The molecule has 1 atom stereocenters. The number of nitrogens with one attached hydrogen (secondary N) is 2. The summed E-state index contributed by atoms with van der Waals surface area (Å²) in [6.07, 6.45) is 5.32. The van der Waals surface area contributed by atoms with Crippen LogP contribution in [-0.4, -0.2) is 33.3 Å². The van der Waals surface area contributed by atoms with Crippen LogP contribution < -0.4 is 10.6 Å². The van der Waals surface area contributed by atoms with Gasteiger partial charge >= 0.3 is 0 Å². The first kappa shape index (κ1) is 20.2. The van der Waals surface area contributed by atoms with Gasteiger partial charge in [0, 0.05) is 61.3 Å². The van der Waals surface area contributed by atoms with Gasteiger partial charge in [0.25, 0.3) is 5.91 Å². The molecule has 3 aromatic rings. The van der Waals surface area contributed by atoms with Crippen molar-refractivity contribution in [3.05, 3.63) is 82.7 Å². The number of rotatable bonds is 7. The van der Waals surface area contributed by atoms with Crippen molar-refractivity contribution in [1.82, 2.24) is 25.4 Å². The number of aryl methyl sites for hydroxylation is 1. The zero-order chi connectivity index (χ0) is 20.9. The molecule has 0 aliphatic heterocycles. The van der Waals surface area contributed by atoms with Crippen molar-refractivity contribution in [1.29, 1.82) is 0 Å². The highest BCUT2D eigenvalue weighted by Crippen LogP contribution is 2.24. The van der Waals surface area contributed by atoms with Crippen LogP contribution in [0.1, 0.15) is 39.4 Å². The van der Waals surface area contributed by atoms with Crippen molar-refractivity contribution in [2.24, 2.45) is 7.05 Å². The van der Waals surface area contributed by atoms with Gasteiger partial charge in [0.15, 0.2) is 5.69 Å². The summed E-state index contributed by atoms with van der Waals surface area (Å²) in [6.45, 7) is 0.981. The summed E-state index contributed by atoms with van der Waals surface area (Å²) in [7, 11) is 1.88. The van der Waals surface area contributed by atoms with Gasteiger partial charge in [-0.2, -0.15) is 5.10 Å². The van der Waals surface area contributed by atoms with E-state index in [0.29, 0.717) is 17.3 Å². The van der Waals surface area contributed by atoms with Crippen LogP contribution in [0, 0.1) is 5.82 Å². The third-order valence-corrected chi connectivity index (χ3v) is 5.61. The van der Waals surface area contributed by atoms with Gasteiger partial charge in [-0.1, -0.05) is 24.3 Å². The molecule has 6 nitrogen and oxygen atoms in total. The number of aromatic nitrogens is 3. The second-order valence-electron chi connectivity index (χ2n) is 7.64. The average molecular weight is 407 g/mol. The molecule has 1 amide bonds. The summed E-state index contributed by atoms with van der Waals surface area (Å²) in [5.74, 6) is -0.581. The zero-order valence-electron chi connectivity index (χ0n) is 17.1. The highest BCUT2D eigenvalue weighted by molar-refractivity contribution is 5.94. The van der Waals surface area contributed by atoms with Crippen LogP contribution in [0.25, 0.3) is 0 Å². The Balaban J connectivity index is 1.38. The van der Waals surface area contributed by atoms with E-state index in [4.69, 9.17) is 0 Å². The Bertz CT molecular complexity index is 1020. The normalized spacial score (nSPS) is 15.6.